The molecule has 0 aliphatic carbocycles. The van der Waals surface area contributed by atoms with Gasteiger partial charge in [0.1, 0.15) is 5.75 Å². The van der Waals surface area contributed by atoms with E-state index in [0.29, 0.717) is 23.6 Å². The molecule has 0 bridgehead atoms. The monoisotopic (exact) mass is 280 g/mol. The van der Waals surface area contributed by atoms with Gasteiger partial charge < -0.3 is 20.5 Å². The lowest BCUT2D eigenvalue weighted by Gasteiger charge is -2.16. The fraction of sp³-hybridized carbons (Fsp3) is 0.533. The molecule has 0 saturated carbocycles. The standard InChI is InChI=1S/C15H24N2O3/c1-4-13(17-8-5-9-19-2)15(18)11-6-7-14(20-3)12(16)10-11/h6-7,10,13,17H,4-5,8-9,16H2,1-3H3. The predicted octanol–water partition coefficient (Wildman–Crippen LogP) is 1.86. The van der Waals surface area contributed by atoms with Crippen LogP contribution in [0.25, 0.3) is 0 Å². The summed E-state index contributed by atoms with van der Waals surface area (Å²) in [5.41, 5.74) is 6.92. The lowest BCUT2D eigenvalue weighted by molar-refractivity contribution is 0.0938. The Morgan fingerprint density at radius 1 is 1.40 bits per heavy atom. The van der Waals surface area contributed by atoms with E-state index >= 15 is 0 Å². The van der Waals surface area contributed by atoms with Crippen molar-refractivity contribution < 1.29 is 14.3 Å². The number of anilines is 1. The van der Waals surface area contributed by atoms with Gasteiger partial charge in [-0.25, -0.2) is 0 Å². The first-order valence-corrected chi connectivity index (χ1v) is 6.84. The smallest absolute Gasteiger partial charge is 0.179 e. The van der Waals surface area contributed by atoms with Crippen molar-refractivity contribution in [3.05, 3.63) is 23.8 Å². The van der Waals surface area contributed by atoms with E-state index in [9.17, 15) is 4.79 Å². The quantitative estimate of drug-likeness (QED) is 0.410. The summed E-state index contributed by atoms with van der Waals surface area (Å²) in [7, 11) is 3.22. The molecule has 5 nitrogen and oxygen atoms in total. The molecule has 1 atom stereocenters. The van der Waals surface area contributed by atoms with Crippen molar-refractivity contribution in [2.24, 2.45) is 0 Å². The summed E-state index contributed by atoms with van der Waals surface area (Å²) in [6, 6.07) is 4.94. The highest BCUT2D eigenvalue weighted by Gasteiger charge is 2.18. The van der Waals surface area contributed by atoms with Crippen LogP contribution in [-0.2, 0) is 4.74 Å². The maximum absolute atomic E-state index is 12.4. The number of carbonyl (C=O) groups is 1. The Morgan fingerprint density at radius 2 is 2.15 bits per heavy atom. The molecular formula is C15H24N2O3. The third kappa shape index (κ3) is 4.51. The fourth-order valence-corrected chi connectivity index (χ4v) is 2.00. The average Bonchev–Trinajstić information content (AvgIpc) is 2.46. The first-order valence-electron chi connectivity index (χ1n) is 6.84. The van der Waals surface area contributed by atoms with Crippen LogP contribution in [0.15, 0.2) is 18.2 Å². The van der Waals surface area contributed by atoms with E-state index < -0.39 is 0 Å². The van der Waals surface area contributed by atoms with Crippen LogP contribution in [0.4, 0.5) is 5.69 Å². The second-order valence-corrected chi connectivity index (χ2v) is 4.58. The van der Waals surface area contributed by atoms with E-state index in [4.69, 9.17) is 15.2 Å². The third-order valence-electron chi connectivity index (χ3n) is 3.15. The summed E-state index contributed by atoms with van der Waals surface area (Å²) in [4.78, 5) is 12.4. The van der Waals surface area contributed by atoms with E-state index in [2.05, 4.69) is 5.32 Å². The fourth-order valence-electron chi connectivity index (χ4n) is 2.00. The number of hydrogen-bond acceptors (Lipinski definition) is 5. The minimum Gasteiger partial charge on any atom is -0.495 e. The number of nitrogen functional groups attached to an aromatic ring is 1. The van der Waals surface area contributed by atoms with E-state index in [-0.39, 0.29) is 11.8 Å². The number of rotatable bonds is 9. The molecule has 0 saturated heterocycles. The first kappa shape index (κ1) is 16.5. The lowest BCUT2D eigenvalue weighted by atomic mass is 10.0. The molecule has 0 fully saturated rings. The predicted molar refractivity (Wildman–Crippen MR) is 80.3 cm³/mol. The Kier molecular flexibility index (Phi) is 7.04. The van der Waals surface area contributed by atoms with Crippen molar-refractivity contribution in [1.29, 1.82) is 0 Å². The summed E-state index contributed by atoms with van der Waals surface area (Å²) < 4.78 is 10.1. The number of methoxy groups -OCH3 is 2. The molecule has 0 aromatic heterocycles. The second-order valence-electron chi connectivity index (χ2n) is 4.58. The van der Waals surface area contributed by atoms with Gasteiger partial charge >= 0.3 is 0 Å². The average molecular weight is 280 g/mol. The van der Waals surface area contributed by atoms with Crippen molar-refractivity contribution in [2.75, 3.05) is 33.1 Å². The zero-order chi connectivity index (χ0) is 15.0. The molecule has 20 heavy (non-hydrogen) atoms. The Labute approximate surface area is 120 Å². The van der Waals surface area contributed by atoms with Gasteiger partial charge in [-0.05, 0) is 37.6 Å². The van der Waals surface area contributed by atoms with Crippen LogP contribution in [0.5, 0.6) is 5.75 Å². The molecule has 1 rings (SSSR count). The molecule has 0 aliphatic rings. The van der Waals surface area contributed by atoms with Gasteiger partial charge in [-0.15, -0.1) is 0 Å². The van der Waals surface area contributed by atoms with Crippen molar-refractivity contribution in [2.45, 2.75) is 25.8 Å². The van der Waals surface area contributed by atoms with Gasteiger partial charge in [0.2, 0.25) is 0 Å². The molecule has 1 aromatic carbocycles. The number of benzene rings is 1. The Balaban J connectivity index is 2.68. The van der Waals surface area contributed by atoms with Crippen LogP contribution in [0.2, 0.25) is 0 Å². The molecule has 5 heteroatoms. The number of ether oxygens (including phenoxy) is 2. The van der Waals surface area contributed by atoms with Gasteiger partial charge in [0.15, 0.2) is 5.78 Å². The number of carbonyl (C=O) groups excluding carboxylic acids is 1. The molecule has 0 spiro atoms. The van der Waals surface area contributed by atoms with Crippen molar-refractivity contribution in [3.8, 4) is 5.75 Å². The number of ketones is 1. The molecule has 0 radical (unpaired) electrons. The minimum absolute atomic E-state index is 0.0549. The van der Waals surface area contributed by atoms with Gasteiger partial charge in [0.05, 0.1) is 18.8 Å². The largest absolute Gasteiger partial charge is 0.495 e. The minimum atomic E-state index is -0.195. The summed E-state index contributed by atoms with van der Waals surface area (Å²) >= 11 is 0. The summed E-state index contributed by atoms with van der Waals surface area (Å²) in [5.74, 6) is 0.641. The molecular weight excluding hydrogens is 256 g/mol. The molecule has 1 unspecified atom stereocenters. The maximum Gasteiger partial charge on any atom is 0.179 e. The SMILES string of the molecule is CCC(NCCCOC)C(=O)c1ccc(OC)c(N)c1. The van der Waals surface area contributed by atoms with Crippen LogP contribution in [0, 0.1) is 0 Å². The van der Waals surface area contributed by atoms with E-state index in [0.717, 1.165) is 19.4 Å². The first-order chi connectivity index (χ1) is 9.63. The third-order valence-corrected chi connectivity index (χ3v) is 3.15. The molecule has 112 valence electrons. The molecule has 0 heterocycles. The molecule has 1 aromatic rings. The number of nitrogens with two attached hydrogens (primary N) is 1. The highest BCUT2D eigenvalue weighted by atomic mass is 16.5. The second kappa shape index (κ2) is 8.55. The van der Waals surface area contributed by atoms with Crippen LogP contribution in [0.1, 0.15) is 30.1 Å². The van der Waals surface area contributed by atoms with Crippen LogP contribution in [0.3, 0.4) is 0 Å². The Hall–Kier alpha value is -1.59. The summed E-state index contributed by atoms with van der Waals surface area (Å²) in [6.07, 6.45) is 1.61. The van der Waals surface area contributed by atoms with Crippen molar-refractivity contribution in [1.82, 2.24) is 5.32 Å². The zero-order valence-corrected chi connectivity index (χ0v) is 12.4. The summed E-state index contributed by atoms with van der Waals surface area (Å²) in [6.45, 7) is 3.43. The maximum atomic E-state index is 12.4. The van der Waals surface area contributed by atoms with Crippen LogP contribution in [-0.4, -0.2) is 39.2 Å². The van der Waals surface area contributed by atoms with E-state index in [1.54, 1.807) is 32.4 Å². The van der Waals surface area contributed by atoms with Gasteiger partial charge in [0, 0.05) is 19.3 Å². The zero-order valence-electron chi connectivity index (χ0n) is 12.4. The number of Topliss-reactive ketones (excluding diaryl/α,β-unsaturated/α-hetero) is 1. The van der Waals surface area contributed by atoms with Gasteiger partial charge in [-0.2, -0.15) is 0 Å². The number of hydrogen-bond donors (Lipinski definition) is 2. The normalized spacial score (nSPS) is 12.2. The van der Waals surface area contributed by atoms with Gasteiger partial charge in [-0.1, -0.05) is 6.92 Å². The lowest BCUT2D eigenvalue weighted by Crippen LogP contribution is -2.37. The topological polar surface area (TPSA) is 73.6 Å². The van der Waals surface area contributed by atoms with Crippen molar-refractivity contribution in [3.63, 3.8) is 0 Å². The Bertz CT molecular complexity index is 435. The van der Waals surface area contributed by atoms with E-state index in [1.807, 2.05) is 6.92 Å². The number of nitrogens with one attached hydrogen (secondary N) is 1. The molecule has 0 aliphatic heterocycles. The van der Waals surface area contributed by atoms with Crippen LogP contribution < -0.4 is 15.8 Å². The Morgan fingerprint density at radius 3 is 2.70 bits per heavy atom. The van der Waals surface area contributed by atoms with E-state index in [1.165, 1.54) is 0 Å². The highest BCUT2D eigenvalue weighted by Crippen LogP contribution is 2.22. The van der Waals surface area contributed by atoms with Gasteiger partial charge in [0.25, 0.3) is 0 Å². The molecule has 3 N–H and O–H groups in total. The summed E-state index contributed by atoms with van der Waals surface area (Å²) in [5, 5.41) is 3.25. The molecule has 0 amide bonds. The van der Waals surface area contributed by atoms with Crippen LogP contribution >= 0.6 is 0 Å². The van der Waals surface area contributed by atoms with Gasteiger partial charge in [-0.3, -0.25) is 4.79 Å². The highest BCUT2D eigenvalue weighted by molar-refractivity contribution is 6.01. The van der Waals surface area contributed by atoms with Crippen molar-refractivity contribution >= 4 is 11.5 Å².